The van der Waals surface area contributed by atoms with E-state index in [4.69, 9.17) is 14.2 Å². The Morgan fingerprint density at radius 3 is 1.89 bits per heavy atom. The predicted octanol–water partition coefficient (Wildman–Crippen LogP) is 5.34. The van der Waals surface area contributed by atoms with Gasteiger partial charge in [0.05, 0.1) is 6.61 Å². The number of unbranched alkanes of at least 4 members (excludes halogenated alkanes) is 1. The standard InChI is InChI=1S/C42H54N4O9/c1-27(2)23-35(46-41(52)55-42(3,4)5)38(49)44-34(37(48)45-36(24-47)39(50)53-25-28-15-7-6-8-16-28)21-13-14-22-43-40(51)54-26-33-31-19-11-9-17-29(31)30-18-10-12-20-32(30)33/h6-12,15-20,27,33-36,47H,13-14,21-26H2,1-5H3,(H,43,51)(H,44,49)(H,45,48)(H,46,52)/t34-,35-,36-/m0/s1. The lowest BCUT2D eigenvalue weighted by molar-refractivity contribution is -0.150. The predicted molar refractivity (Wildman–Crippen MR) is 207 cm³/mol. The number of nitrogens with one attached hydrogen (secondary N) is 4. The molecule has 4 rings (SSSR count). The molecule has 13 heteroatoms. The van der Waals surface area contributed by atoms with Crippen molar-refractivity contribution in [2.24, 2.45) is 5.92 Å². The topological polar surface area (TPSA) is 181 Å². The number of esters is 1. The molecule has 4 amide bonds. The Balaban J connectivity index is 1.34. The summed E-state index contributed by atoms with van der Waals surface area (Å²) in [4.78, 5) is 65.3. The molecule has 0 saturated heterocycles. The molecule has 13 nitrogen and oxygen atoms in total. The number of rotatable bonds is 18. The number of benzene rings is 3. The number of fused-ring (bicyclic) bond motifs is 3. The van der Waals surface area contributed by atoms with E-state index in [0.29, 0.717) is 12.8 Å². The highest BCUT2D eigenvalue weighted by molar-refractivity contribution is 5.93. The van der Waals surface area contributed by atoms with Crippen LogP contribution in [0, 0.1) is 5.92 Å². The van der Waals surface area contributed by atoms with E-state index in [1.54, 1.807) is 45.0 Å². The Bertz CT molecular complexity index is 1710. The molecule has 55 heavy (non-hydrogen) atoms. The van der Waals surface area contributed by atoms with Gasteiger partial charge in [0.25, 0.3) is 0 Å². The Morgan fingerprint density at radius 1 is 0.709 bits per heavy atom. The first-order chi connectivity index (χ1) is 26.3. The molecule has 3 atom stereocenters. The summed E-state index contributed by atoms with van der Waals surface area (Å²) < 4.78 is 16.3. The number of ether oxygens (including phenoxy) is 3. The number of hydrogen-bond acceptors (Lipinski definition) is 9. The highest BCUT2D eigenvalue weighted by Crippen LogP contribution is 2.44. The van der Waals surface area contributed by atoms with Gasteiger partial charge >= 0.3 is 18.2 Å². The third kappa shape index (κ3) is 13.1. The van der Waals surface area contributed by atoms with E-state index >= 15 is 0 Å². The lowest BCUT2D eigenvalue weighted by Crippen LogP contribution is -2.56. The van der Waals surface area contributed by atoms with Crippen LogP contribution in [0.15, 0.2) is 78.9 Å². The van der Waals surface area contributed by atoms with E-state index in [2.05, 4.69) is 33.4 Å². The van der Waals surface area contributed by atoms with Crippen molar-refractivity contribution >= 4 is 30.0 Å². The third-order valence-corrected chi connectivity index (χ3v) is 8.89. The van der Waals surface area contributed by atoms with Crippen LogP contribution in [0.5, 0.6) is 0 Å². The number of alkyl carbamates (subject to hydrolysis) is 2. The number of aliphatic hydroxyl groups is 1. The molecule has 0 spiro atoms. The van der Waals surface area contributed by atoms with Crippen molar-refractivity contribution in [1.29, 1.82) is 0 Å². The van der Waals surface area contributed by atoms with E-state index < -0.39 is 60.3 Å². The van der Waals surface area contributed by atoms with Crippen molar-refractivity contribution in [3.63, 3.8) is 0 Å². The van der Waals surface area contributed by atoms with Crippen LogP contribution in [0.1, 0.15) is 82.9 Å². The maximum Gasteiger partial charge on any atom is 0.408 e. The second-order valence-corrected chi connectivity index (χ2v) is 15.0. The van der Waals surface area contributed by atoms with Gasteiger partial charge in [-0.25, -0.2) is 14.4 Å². The first-order valence-corrected chi connectivity index (χ1v) is 18.8. The van der Waals surface area contributed by atoms with E-state index in [-0.39, 0.29) is 44.4 Å². The fourth-order valence-electron chi connectivity index (χ4n) is 6.29. The highest BCUT2D eigenvalue weighted by Gasteiger charge is 2.32. The van der Waals surface area contributed by atoms with Crippen LogP contribution in [-0.2, 0) is 35.2 Å². The highest BCUT2D eigenvalue weighted by atomic mass is 16.6. The lowest BCUT2D eigenvalue weighted by atomic mass is 9.98. The molecule has 1 aliphatic carbocycles. The van der Waals surface area contributed by atoms with E-state index in [0.717, 1.165) is 27.8 Å². The van der Waals surface area contributed by atoms with Gasteiger partial charge in [-0.15, -0.1) is 0 Å². The quantitative estimate of drug-likeness (QED) is 0.0650. The van der Waals surface area contributed by atoms with Crippen molar-refractivity contribution in [3.05, 3.63) is 95.6 Å². The van der Waals surface area contributed by atoms with Crippen LogP contribution >= 0.6 is 0 Å². The smallest absolute Gasteiger partial charge is 0.408 e. The Labute approximate surface area is 322 Å². The van der Waals surface area contributed by atoms with E-state index in [9.17, 15) is 29.1 Å². The SMILES string of the molecule is CC(C)C[C@H](NC(=O)OC(C)(C)C)C(=O)N[C@@H](CCCCNC(=O)OCC1c2ccccc2-c2ccccc21)C(=O)N[C@@H](CO)C(=O)OCc1ccccc1. The van der Waals surface area contributed by atoms with Gasteiger partial charge in [0, 0.05) is 12.5 Å². The number of amides is 4. The molecule has 0 saturated carbocycles. The minimum Gasteiger partial charge on any atom is -0.459 e. The molecule has 0 heterocycles. The zero-order chi connectivity index (χ0) is 40.0. The van der Waals surface area contributed by atoms with Gasteiger partial charge in [-0.05, 0) is 80.2 Å². The summed E-state index contributed by atoms with van der Waals surface area (Å²) in [6.07, 6.45) is -0.184. The molecule has 0 radical (unpaired) electrons. The maximum atomic E-state index is 13.6. The minimum absolute atomic E-state index is 0.0000964. The Morgan fingerprint density at radius 2 is 1.29 bits per heavy atom. The number of carbonyl (C=O) groups is 5. The van der Waals surface area contributed by atoms with Crippen LogP contribution in [0.4, 0.5) is 9.59 Å². The summed E-state index contributed by atoms with van der Waals surface area (Å²) in [6.45, 7) is 8.49. The average Bonchev–Trinajstić information content (AvgIpc) is 3.47. The minimum atomic E-state index is -1.39. The molecule has 0 aliphatic heterocycles. The Hall–Kier alpha value is -5.43. The van der Waals surface area contributed by atoms with Crippen LogP contribution in [-0.4, -0.2) is 78.6 Å². The summed E-state index contributed by atoms with van der Waals surface area (Å²) >= 11 is 0. The average molecular weight is 759 g/mol. The first kappa shape index (κ1) is 42.3. The van der Waals surface area contributed by atoms with E-state index in [1.807, 2.05) is 56.3 Å². The normalized spacial score (nSPS) is 13.7. The van der Waals surface area contributed by atoms with E-state index in [1.165, 1.54) is 0 Å². The van der Waals surface area contributed by atoms with Gasteiger partial charge in [0.15, 0.2) is 6.04 Å². The van der Waals surface area contributed by atoms with Crippen LogP contribution in [0.25, 0.3) is 11.1 Å². The van der Waals surface area contributed by atoms with Crippen LogP contribution in [0.3, 0.4) is 0 Å². The summed E-state index contributed by atoms with van der Waals surface area (Å²) in [6, 6.07) is 21.5. The van der Waals surface area contributed by atoms with Crippen molar-refractivity contribution in [3.8, 4) is 11.1 Å². The molecular formula is C42H54N4O9. The maximum absolute atomic E-state index is 13.6. The van der Waals surface area contributed by atoms with Crippen molar-refractivity contribution < 1.29 is 43.3 Å². The lowest BCUT2D eigenvalue weighted by Gasteiger charge is -2.26. The zero-order valence-electron chi connectivity index (χ0n) is 32.3. The molecule has 3 aromatic rings. The van der Waals surface area contributed by atoms with Crippen molar-refractivity contribution in [2.45, 2.75) is 96.6 Å². The molecule has 0 fully saturated rings. The summed E-state index contributed by atoms with van der Waals surface area (Å²) in [5, 5.41) is 20.6. The van der Waals surface area contributed by atoms with Crippen LogP contribution in [0.2, 0.25) is 0 Å². The fraction of sp³-hybridized carbons (Fsp3) is 0.452. The van der Waals surface area contributed by atoms with Crippen molar-refractivity contribution in [1.82, 2.24) is 21.3 Å². The molecule has 1 aliphatic rings. The first-order valence-electron chi connectivity index (χ1n) is 18.8. The van der Waals surface area contributed by atoms with Gasteiger partial charge in [-0.2, -0.15) is 0 Å². The second kappa shape index (κ2) is 20.3. The van der Waals surface area contributed by atoms with Crippen molar-refractivity contribution in [2.75, 3.05) is 19.8 Å². The summed E-state index contributed by atoms with van der Waals surface area (Å²) in [5.41, 5.74) is 4.39. The molecular weight excluding hydrogens is 704 g/mol. The molecule has 296 valence electrons. The number of aliphatic hydroxyl groups excluding tert-OH is 1. The van der Waals surface area contributed by atoms with Gasteiger partial charge in [-0.1, -0.05) is 92.7 Å². The third-order valence-electron chi connectivity index (χ3n) is 8.89. The fourth-order valence-corrected chi connectivity index (χ4v) is 6.29. The summed E-state index contributed by atoms with van der Waals surface area (Å²) in [7, 11) is 0. The monoisotopic (exact) mass is 758 g/mol. The van der Waals surface area contributed by atoms with Gasteiger partial charge in [0.2, 0.25) is 11.8 Å². The summed E-state index contributed by atoms with van der Waals surface area (Å²) in [5.74, 6) is -2.28. The van der Waals surface area contributed by atoms with Gasteiger partial charge < -0.3 is 40.6 Å². The second-order valence-electron chi connectivity index (χ2n) is 15.0. The largest absolute Gasteiger partial charge is 0.459 e. The molecule has 0 unspecified atom stereocenters. The molecule has 5 N–H and O–H groups in total. The molecule has 0 aromatic heterocycles. The zero-order valence-corrected chi connectivity index (χ0v) is 32.3. The van der Waals surface area contributed by atoms with Gasteiger partial charge in [-0.3, -0.25) is 9.59 Å². The van der Waals surface area contributed by atoms with Crippen LogP contribution < -0.4 is 21.3 Å². The number of carbonyl (C=O) groups excluding carboxylic acids is 5. The molecule has 0 bridgehead atoms. The molecule has 3 aromatic carbocycles. The van der Waals surface area contributed by atoms with Gasteiger partial charge in [0.1, 0.15) is 30.9 Å². The number of hydrogen-bond donors (Lipinski definition) is 5. The Kier molecular flexibility index (Phi) is 15.6.